The molecule has 0 aromatic heterocycles. The second-order valence-electron chi connectivity index (χ2n) is 6.01. The predicted molar refractivity (Wildman–Crippen MR) is 90.4 cm³/mol. The van der Waals surface area contributed by atoms with Crippen LogP contribution in [0.25, 0.3) is 0 Å². The number of halogens is 3. The standard InChI is InChI=1S/C18H18F3N3O/c1-23-8-10-24(11-9-23)13-4-2-12(3-5-13)22-18(25)14-6-7-15(19)17(21)16(14)20/h2-7H,8-11H2,1H3,(H,22,25). The Labute approximate surface area is 143 Å². The number of benzene rings is 2. The van der Waals surface area contributed by atoms with E-state index in [1.807, 2.05) is 12.1 Å². The van der Waals surface area contributed by atoms with Crippen LogP contribution in [0.1, 0.15) is 10.4 Å². The second-order valence-corrected chi connectivity index (χ2v) is 6.01. The number of amides is 1. The molecule has 7 heteroatoms. The summed E-state index contributed by atoms with van der Waals surface area (Å²) in [5, 5.41) is 2.49. The first-order chi connectivity index (χ1) is 12.0. The van der Waals surface area contributed by atoms with Crippen LogP contribution in [0.2, 0.25) is 0 Å². The molecule has 4 nitrogen and oxygen atoms in total. The number of rotatable bonds is 3. The topological polar surface area (TPSA) is 35.6 Å². The molecule has 1 fully saturated rings. The third-order valence-corrected chi connectivity index (χ3v) is 4.27. The van der Waals surface area contributed by atoms with Crippen LogP contribution in [0.4, 0.5) is 24.5 Å². The van der Waals surface area contributed by atoms with Gasteiger partial charge in [0.2, 0.25) is 0 Å². The first kappa shape index (κ1) is 17.3. The molecule has 0 unspecified atom stereocenters. The Hall–Kier alpha value is -2.54. The highest BCUT2D eigenvalue weighted by Gasteiger charge is 2.19. The lowest BCUT2D eigenvalue weighted by Crippen LogP contribution is -2.44. The maximum atomic E-state index is 13.7. The van der Waals surface area contributed by atoms with Crippen molar-refractivity contribution in [1.29, 1.82) is 0 Å². The number of likely N-dealkylation sites (N-methyl/N-ethyl adjacent to an activating group) is 1. The highest BCUT2D eigenvalue weighted by Crippen LogP contribution is 2.21. The molecular formula is C18H18F3N3O. The van der Waals surface area contributed by atoms with Gasteiger partial charge in [-0.2, -0.15) is 0 Å². The Kier molecular flexibility index (Phi) is 4.94. The molecule has 0 spiro atoms. The molecule has 1 amide bonds. The molecule has 0 radical (unpaired) electrons. The zero-order chi connectivity index (χ0) is 18.0. The second kappa shape index (κ2) is 7.14. The molecular weight excluding hydrogens is 331 g/mol. The van der Waals surface area contributed by atoms with Gasteiger partial charge in [0.05, 0.1) is 5.56 Å². The van der Waals surface area contributed by atoms with Crippen molar-refractivity contribution in [2.75, 3.05) is 43.4 Å². The van der Waals surface area contributed by atoms with Crippen LogP contribution in [0.5, 0.6) is 0 Å². The molecule has 3 rings (SSSR count). The van der Waals surface area contributed by atoms with Gasteiger partial charge >= 0.3 is 0 Å². The SMILES string of the molecule is CN1CCN(c2ccc(NC(=O)c3ccc(F)c(F)c3F)cc2)CC1. The Morgan fingerprint density at radius 2 is 1.56 bits per heavy atom. The van der Waals surface area contributed by atoms with Crippen molar-refractivity contribution in [2.45, 2.75) is 0 Å². The summed E-state index contributed by atoms with van der Waals surface area (Å²) in [6.45, 7) is 3.80. The summed E-state index contributed by atoms with van der Waals surface area (Å²) in [6, 6.07) is 8.77. The van der Waals surface area contributed by atoms with E-state index in [0.29, 0.717) is 5.69 Å². The van der Waals surface area contributed by atoms with Crippen molar-refractivity contribution in [1.82, 2.24) is 4.90 Å². The third-order valence-electron chi connectivity index (χ3n) is 4.27. The van der Waals surface area contributed by atoms with Gasteiger partial charge in [0.25, 0.3) is 5.91 Å². The normalized spacial score (nSPS) is 15.3. The van der Waals surface area contributed by atoms with Crippen molar-refractivity contribution in [3.05, 3.63) is 59.4 Å². The molecule has 1 N–H and O–H groups in total. The summed E-state index contributed by atoms with van der Waals surface area (Å²) in [7, 11) is 2.08. The Bertz CT molecular complexity index is 772. The van der Waals surface area contributed by atoms with Gasteiger partial charge in [-0.25, -0.2) is 13.2 Å². The van der Waals surface area contributed by atoms with Crippen LogP contribution in [-0.4, -0.2) is 44.0 Å². The van der Waals surface area contributed by atoms with Crippen LogP contribution < -0.4 is 10.2 Å². The van der Waals surface area contributed by atoms with E-state index in [0.717, 1.165) is 44.0 Å². The number of anilines is 2. The van der Waals surface area contributed by atoms with Gasteiger partial charge in [-0.3, -0.25) is 4.79 Å². The molecule has 2 aromatic carbocycles. The van der Waals surface area contributed by atoms with E-state index in [1.54, 1.807) is 12.1 Å². The van der Waals surface area contributed by atoms with Crippen LogP contribution in [-0.2, 0) is 0 Å². The average molecular weight is 349 g/mol. The lowest BCUT2D eigenvalue weighted by atomic mass is 10.1. The van der Waals surface area contributed by atoms with E-state index in [1.165, 1.54) is 0 Å². The minimum absolute atomic E-state index is 0.451. The molecule has 132 valence electrons. The molecule has 1 heterocycles. The van der Waals surface area contributed by atoms with E-state index < -0.39 is 28.9 Å². The molecule has 0 saturated carbocycles. The molecule has 0 bridgehead atoms. The lowest BCUT2D eigenvalue weighted by molar-refractivity contribution is 0.102. The molecule has 1 aliphatic heterocycles. The quantitative estimate of drug-likeness (QED) is 0.865. The Morgan fingerprint density at radius 3 is 2.20 bits per heavy atom. The average Bonchev–Trinajstić information content (AvgIpc) is 2.61. The minimum Gasteiger partial charge on any atom is -0.369 e. The summed E-state index contributed by atoms with van der Waals surface area (Å²) in [5.41, 5.74) is 0.944. The smallest absolute Gasteiger partial charge is 0.258 e. The summed E-state index contributed by atoms with van der Waals surface area (Å²) in [6.07, 6.45) is 0. The van der Waals surface area contributed by atoms with Crippen molar-refractivity contribution < 1.29 is 18.0 Å². The Balaban J connectivity index is 1.69. The number of carbonyl (C=O) groups excluding carboxylic acids is 1. The van der Waals surface area contributed by atoms with Crippen LogP contribution >= 0.6 is 0 Å². The van der Waals surface area contributed by atoms with E-state index in [-0.39, 0.29) is 0 Å². The van der Waals surface area contributed by atoms with Crippen molar-refractivity contribution >= 4 is 17.3 Å². The minimum atomic E-state index is -1.65. The van der Waals surface area contributed by atoms with Gasteiger partial charge in [0.1, 0.15) is 0 Å². The van der Waals surface area contributed by atoms with E-state index in [2.05, 4.69) is 22.2 Å². The summed E-state index contributed by atoms with van der Waals surface area (Å²) >= 11 is 0. The number of nitrogens with one attached hydrogen (secondary N) is 1. The summed E-state index contributed by atoms with van der Waals surface area (Å²) < 4.78 is 39.8. The van der Waals surface area contributed by atoms with Gasteiger partial charge in [-0.15, -0.1) is 0 Å². The largest absolute Gasteiger partial charge is 0.369 e. The molecule has 0 aliphatic carbocycles. The fraction of sp³-hybridized carbons (Fsp3) is 0.278. The van der Waals surface area contributed by atoms with E-state index in [9.17, 15) is 18.0 Å². The van der Waals surface area contributed by atoms with E-state index >= 15 is 0 Å². The summed E-state index contributed by atoms with van der Waals surface area (Å²) in [4.78, 5) is 16.6. The first-order valence-corrected chi connectivity index (χ1v) is 7.94. The number of hydrogen-bond acceptors (Lipinski definition) is 3. The molecule has 1 aliphatic rings. The van der Waals surface area contributed by atoms with Crippen molar-refractivity contribution in [2.24, 2.45) is 0 Å². The molecule has 1 saturated heterocycles. The molecule has 0 atom stereocenters. The number of piperazine rings is 1. The van der Waals surface area contributed by atoms with Crippen LogP contribution in [0.3, 0.4) is 0 Å². The number of carbonyl (C=O) groups is 1. The zero-order valence-corrected chi connectivity index (χ0v) is 13.7. The van der Waals surface area contributed by atoms with Crippen LogP contribution in [0.15, 0.2) is 36.4 Å². The number of hydrogen-bond donors (Lipinski definition) is 1. The third kappa shape index (κ3) is 3.76. The van der Waals surface area contributed by atoms with Gasteiger partial charge < -0.3 is 15.1 Å². The monoisotopic (exact) mass is 349 g/mol. The number of nitrogens with zero attached hydrogens (tertiary/aromatic N) is 2. The maximum absolute atomic E-state index is 13.7. The van der Waals surface area contributed by atoms with Crippen molar-refractivity contribution in [3.63, 3.8) is 0 Å². The van der Waals surface area contributed by atoms with Crippen LogP contribution in [0, 0.1) is 17.5 Å². The highest BCUT2D eigenvalue weighted by atomic mass is 19.2. The van der Waals surface area contributed by atoms with Gasteiger partial charge in [0, 0.05) is 37.6 Å². The van der Waals surface area contributed by atoms with Crippen molar-refractivity contribution in [3.8, 4) is 0 Å². The predicted octanol–water partition coefficient (Wildman–Crippen LogP) is 3.11. The van der Waals surface area contributed by atoms with Gasteiger partial charge in [0.15, 0.2) is 17.5 Å². The zero-order valence-electron chi connectivity index (χ0n) is 13.7. The molecule has 25 heavy (non-hydrogen) atoms. The first-order valence-electron chi connectivity index (χ1n) is 7.94. The Morgan fingerprint density at radius 1 is 0.920 bits per heavy atom. The van der Waals surface area contributed by atoms with E-state index in [4.69, 9.17) is 0 Å². The maximum Gasteiger partial charge on any atom is 0.258 e. The lowest BCUT2D eigenvalue weighted by Gasteiger charge is -2.34. The fourth-order valence-corrected chi connectivity index (χ4v) is 2.72. The summed E-state index contributed by atoms with van der Waals surface area (Å²) in [5.74, 6) is -5.31. The van der Waals surface area contributed by atoms with Gasteiger partial charge in [-0.1, -0.05) is 0 Å². The fourth-order valence-electron chi connectivity index (χ4n) is 2.72. The van der Waals surface area contributed by atoms with Gasteiger partial charge in [-0.05, 0) is 43.4 Å². The molecule has 2 aromatic rings. The highest BCUT2D eigenvalue weighted by molar-refractivity contribution is 6.04.